The summed E-state index contributed by atoms with van der Waals surface area (Å²) in [4.78, 5) is 12.4. The lowest BCUT2D eigenvalue weighted by molar-refractivity contribution is 0.102. The highest BCUT2D eigenvalue weighted by atomic mass is 35.5. The van der Waals surface area contributed by atoms with Crippen LogP contribution in [-0.4, -0.2) is 34.0 Å². The van der Waals surface area contributed by atoms with Crippen LogP contribution in [0.2, 0.25) is 5.02 Å². The monoisotopic (exact) mass is 333 g/mol. The highest BCUT2D eigenvalue weighted by Crippen LogP contribution is 2.22. The molecule has 1 aliphatic heterocycles. The molecule has 23 heavy (non-hydrogen) atoms. The zero-order valence-electron chi connectivity index (χ0n) is 13.3. The van der Waals surface area contributed by atoms with Gasteiger partial charge in [-0.2, -0.15) is 0 Å². The van der Waals surface area contributed by atoms with Gasteiger partial charge in [0.25, 0.3) is 5.91 Å². The highest BCUT2D eigenvalue weighted by Gasteiger charge is 2.23. The standard InChI is InChI=1S/C16H20ClN5O/c1-10-3-4-12(9-14(10)17)19-16(23)15-11(2)22(21-20-15)13-5-7-18-8-6-13/h3-4,9,13,18H,5-8H2,1-2H3,(H,19,23). The largest absolute Gasteiger partial charge is 0.320 e. The molecule has 1 fully saturated rings. The Hall–Kier alpha value is -1.92. The summed E-state index contributed by atoms with van der Waals surface area (Å²) in [7, 11) is 0. The SMILES string of the molecule is Cc1ccc(NC(=O)c2nnn(C3CCNCC3)c2C)cc1Cl. The lowest BCUT2D eigenvalue weighted by atomic mass is 10.1. The van der Waals surface area contributed by atoms with E-state index in [0.29, 0.717) is 22.4 Å². The summed E-state index contributed by atoms with van der Waals surface area (Å²) in [5, 5.41) is 15.0. The minimum atomic E-state index is -0.261. The van der Waals surface area contributed by atoms with E-state index in [1.54, 1.807) is 6.07 Å². The van der Waals surface area contributed by atoms with E-state index in [0.717, 1.165) is 37.2 Å². The van der Waals surface area contributed by atoms with Gasteiger partial charge >= 0.3 is 0 Å². The van der Waals surface area contributed by atoms with Crippen LogP contribution in [0, 0.1) is 13.8 Å². The van der Waals surface area contributed by atoms with Crippen LogP contribution < -0.4 is 10.6 Å². The molecular formula is C16H20ClN5O. The summed E-state index contributed by atoms with van der Waals surface area (Å²) >= 11 is 6.09. The molecule has 0 unspecified atom stereocenters. The first kappa shape index (κ1) is 16.0. The number of halogens is 1. The van der Waals surface area contributed by atoms with Crippen molar-refractivity contribution < 1.29 is 4.79 Å². The fourth-order valence-corrected chi connectivity index (χ4v) is 2.99. The van der Waals surface area contributed by atoms with E-state index in [1.807, 2.05) is 30.7 Å². The van der Waals surface area contributed by atoms with E-state index in [1.165, 1.54) is 0 Å². The molecule has 0 atom stereocenters. The Kier molecular flexibility index (Phi) is 4.63. The third kappa shape index (κ3) is 3.38. The van der Waals surface area contributed by atoms with Gasteiger partial charge in [-0.05, 0) is 57.5 Å². The molecule has 1 saturated heterocycles. The molecule has 2 aromatic rings. The smallest absolute Gasteiger partial charge is 0.278 e. The third-order valence-corrected chi connectivity index (χ3v) is 4.63. The van der Waals surface area contributed by atoms with Crippen molar-refractivity contribution in [3.8, 4) is 0 Å². The Labute approximate surface area is 140 Å². The van der Waals surface area contributed by atoms with Crippen LogP contribution in [0.5, 0.6) is 0 Å². The van der Waals surface area contributed by atoms with E-state index in [4.69, 9.17) is 11.6 Å². The van der Waals surface area contributed by atoms with Crippen LogP contribution in [0.15, 0.2) is 18.2 Å². The molecule has 0 aliphatic carbocycles. The van der Waals surface area contributed by atoms with Crippen LogP contribution in [0.25, 0.3) is 0 Å². The number of aromatic nitrogens is 3. The van der Waals surface area contributed by atoms with Crippen molar-refractivity contribution >= 4 is 23.2 Å². The maximum atomic E-state index is 12.4. The average molecular weight is 334 g/mol. The number of rotatable bonds is 3. The first-order valence-corrected chi connectivity index (χ1v) is 8.14. The molecule has 1 aliphatic rings. The van der Waals surface area contributed by atoms with Gasteiger partial charge in [0.2, 0.25) is 0 Å². The molecule has 122 valence electrons. The Balaban J connectivity index is 1.77. The van der Waals surface area contributed by atoms with E-state index in [-0.39, 0.29) is 5.91 Å². The average Bonchev–Trinajstić information content (AvgIpc) is 2.93. The van der Waals surface area contributed by atoms with E-state index in [2.05, 4.69) is 20.9 Å². The molecule has 7 heteroatoms. The number of nitrogens with zero attached hydrogens (tertiary/aromatic N) is 3. The van der Waals surface area contributed by atoms with Crippen LogP contribution in [0.4, 0.5) is 5.69 Å². The van der Waals surface area contributed by atoms with Crippen molar-refractivity contribution in [3.05, 3.63) is 40.2 Å². The minimum Gasteiger partial charge on any atom is -0.320 e. The predicted molar refractivity (Wildman–Crippen MR) is 90.0 cm³/mol. The van der Waals surface area contributed by atoms with Crippen molar-refractivity contribution in [3.63, 3.8) is 0 Å². The van der Waals surface area contributed by atoms with Gasteiger partial charge in [0, 0.05) is 10.7 Å². The Bertz CT molecular complexity index is 721. The van der Waals surface area contributed by atoms with Crippen molar-refractivity contribution in [2.24, 2.45) is 0 Å². The van der Waals surface area contributed by atoms with Crippen molar-refractivity contribution in [2.75, 3.05) is 18.4 Å². The van der Waals surface area contributed by atoms with Gasteiger partial charge in [0.05, 0.1) is 11.7 Å². The zero-order chi connectivity index (χ0) is 16.4. The molecule has 1 amide bonds. The van der Waals surface area contributed by atoms with Gasteiger partial charge in [-0.25, -0.2) is 4.68 Å². The molecule has 1 aromatic carbocycles. The fraction of sp³-hybridized carbons (Fsp3) is 0.438. The maximum absolute atomic E-state index is 12.4. The number of aryl methyl sites for hydroxylation is 1. The van der Waals surface area contributed by atoms with E-state index >= 15 is 0 Å². The molecule has 0 spiro atoms. The van der Waals surface area contributed by atoms with E-state index < -0.39 is 0 Å². The molecule has 6 nitrogen and oxygen atoms in total. The first-order chi connectivity index (χ1) is 11.1. The zero-order valence-corrected chi connectivity index (χ0v) is 14.0. The number of carbonyl (C=O) groups is 1. The minimum absolute atomic E-state index is 0.261. The summed E-state index contributed by atoms with van der Waals surface area (Å²) in [5.74, 6) is -0.261. The Morgan fingerprint density at radius 1 is 1.35 bits per heavy atom. The van der Waals surface area contributed by atoms with Crippen LogP contribution in [-0.2, 0) is 0 Å². The maximum Gasteiger partial charge on any atom is 0.278 e. The van der Waals surface area contributed by atoms with Crippen LogP contribution >= 0.6 is 11.6 Å². The number of anilines is 1. The lowest BCUT2D eigenvalue weighted by Crippen LogP contribution is -2.30. The summed E-state index contributed by atoms with van der Waals surface area (Å²) in [6, 6.07) is 5.74. The molecule has 2 heterocycles. The van der Waals surface area contributed by atoms with Gasteiger partial charge in [-0.15, -0.1) is 5.10 Å². The second kappa shape index (κ2) is 6.68. The molecule has 0 saturated carbocycles. The fourth-order valence-electron chi connectivity index (χ4n) is 2.81. The molecule has 0 radical (unpaired) electrons. The normalized spacial score (nSPS) is 15.6. The molecule has 2 N–H and O–H groups in total. The number of carbonyl (C=O) groups excluding carboxylic acids is 1. The van der Waals surface area contributed by atoms with Gasteiger partial charge in [0.1, 0.15) is 0 Å². The van der Waals surface area contributed by atoms with E-state index in [9.17, 15) is 4.79 Å². The van der Waals surface area contributed by atoms with Crippen molar-refractivity contribution in [2.45, 2.75) is 32.7 Å². The molecule has 1 aromatic heterocycles. The number of amides is 1. The Morgan fingerprint density at radius 3 is 2.78 bits per heavy atom. The number of hydrogen-bond acceptors (Lipinski definition) is 4. The second-order valence-corrected chi connectivity index (χ2v) is 6.27. The Morgan fingerprint density at radius 2 is 2.09 bits per heavy atom. The van der Waals surface area contributed by atoms with Crippen molar-refractivity contribution in [1.82, 2.24) is 20.3 Å². The topological polar surface area (TPSA) is 71.8 Å². The lowest BCUT2D eigenvalue weighted by Gasteiger charge is -2.23. The van der Waals surface area contributed by atoms with Crippen LogP contribution in [0.1, 0.15) is 40.6 Å². The molecule has 0 bridgehead atoms. The number of piperidine rings is 1. The summed E-state index contributed by atoms with van der Waals surface area (Å²) in [6.45, 7) is 5.74. The first-order valence-electron chi connectivity index (χ1n) is 7.76. The highest BCUT2D eigenvalue weighted by molar-refractivity contribution is 6.31. The van der Waals surface area contributed by atoms with Crippen molar-refractivity contribution in [1.29, 1.82) is 0 Å². The quantitative estimate of drug-likeness (QED) is 0.906. The molecular weight excluding hydrogens is 314 g/mol. The predicted octanol–water partition coefficient (Wildman–Crippen LogP) is 2.73. The number of hydrogen-bond donors (Lipinski definition) is 2. The summed E-state index contributed by atoms with van der Waals surface area (Å²) in [5.41, 5.74) is 2.78. The van der Waals surface area contributed by atoms with Gasteiger partial charge in [0.15, 0.2) is 5.69 Å². The summed E-state index contributed by atoms with van der Waals surface area (Å²) < 4.78 is 1.87. The second-order valence-electron chi connectivity index (χ2n) is 5.87. The van der Waals surface area contributed by atoms with Gasteiger partial charge in [-0.3, -0.25) is 4.79 Å². The number of benzene rings is 1. The van der Waals surface area contributed by atoms with Gasteiger partial charge < -0.3 is 10.6 Å². The van der Waals surface area contributed by atoms with Crippen LogP contribution in [0.3, 0.4) is 0 Å². The third-order valence-electron chi connectivity index (χ3n) is 4.23. The van der Waals surface area contributed by atoms with Gasteiger partial charge in [-0.1, -0.05) is 22.9 Å². The number of nitrogens with one attached hydrogen (secondary N) is 2. The molecule has 3 rings (SSSR count). The summed E-state index contributed by atoms with van der Waals surface area (Å²) in [6.07, 6.45) is 2.00.